The summed E-state index contributed by atoms with van der Waals surface area (Å²) < 4.78 is 1.93. The molecule has 6 rings (SSSR count). The number of aryl methyl sites for hydroxylation is 1. The highest BCUT2D eigenvalue weighted by Gasteiger charge is 2.42. The molecule has 8 heteroatoms. The Kier molecular flexibility index (Phi) is 4.79. The number of nitrogens with two attached hydrogens (primary N) is 1. The van der Waals surface area contributed by atoms with Crippen molar-refractivity contribution < 1.29 is 10.2 Å². The first kappa shape index (κ1) is 21.3. The lowest BCUT2D eigenvalue weighted by atomic mass is 9.95. The molecule has 2 aliphatic rings. The summed E-state index contributed by atoms with van der Waals surface area (Å²) in [5.74, 6) is 1.39. The summed E-state index contributed by atoms with van der Waals surface area (Å²) in [7, 11) is 0. The number of aliphatic hydroxyl groups is 2. The van der Waals surface area contributed by atoms with Gasteiger partial charge < -0.3 is 25.8 Å². The molecule has 34 heavy (non-hydrogen) atoms. The number of hydrogen-bond donors (Lipinski definition) is 4. The third kappa shape index (κ3) is 3.49. The molecule has 0 spiro atoms. The molecule has 4 atom stereocenters. The van der Waals surface area contributed by atoms with Gasteiger partial charge in [0.05, 0.1) is 23.0 Å². The number of nitrogen functional groups attached to an aromatic ring is 1. The van der Waals surface area contributed by atoms with Gasteiger partial charge in [0, 0.05) is 17.1 Å². The van der Waals surface area contributed by atoms with Crippen LogP contribution in [0.2, 0.25) is 0 Å². The van der Waals surface area contributed by atoms with Gasteiger partial charge in [-0.2, -0.15) is 0 Å². The minimum Gasteiger partial charge on any atom is -0.390 e. The summed E-state index contributed by atoms with van der Waals surface area (Å²) in [4.78, 5) is 13.3. The van der Waals surface area contributed by atoms with Gasteiger partial charge in [-0.05, 0) is 74.8 Å². The average Bonchev–Trinajstić information content (AvgIpc) is 3.44. The summed E-state index contributed by atoms with van der Waals surface area (Å²) in [5.41, 5.74) is 10.1. The van der Waals surface area contributed by atoms with Crippen molar-refractivity contribution in [2.24, 2.45) is 5.92 Å². The van der Waals surface area contributed by atoms with E-state index in [-0.39, 0.29) is 17.5 Å². The van der Waals surface area contributed by atoms with E-state index in [9.17, 15) is 10.2 Å². The minimum absolute atomic E-state index is 0.0113. The monoisotopic (exact) mass is 458 g/mol. The van der Waals surface area contributed by atoms with Gasteiger partial charge in [0.1, 0.15) is 29.7 Å². The second kappa shape index (κ2) is 7.65. The van der Waals surface area contributed by atoms with Gasteiger partial charge in [-0.25, -0.2) is 15.0 Å². The fourth-order valence-corrected chi connectivity index (χ4v) is 5.77. The molecule has 3 aromatic heterocycles. The lowest BCUT2D eigenvalue weighted by molar-refractivity contribution is 0.00545. The molecule has 1 aliphatic heterocycles. The maximum atomic E-state index is 10.8. The molecule has 5 N–H and O–H groups in total. The van der Waals surface area contributed by atoms with Gasteiger partial charge in [-0.1, -0.05) is 12.1 Å². The van der Waals surface area contributed by atoms with Crippen molar-refractivity contribution in [1.29, 1.82) is 0 Å². The molecule has 0 unspecified atom stereocenters. The van der Waals surface area contributed by atoms with E-state index in [2.05, 4.69) is 53.4 Å². The van der Waals surface area contributed by atoms with E-state index < -0.39 is 12.2 Å². The molecule has 1 aliphatic carbocycles. The Balaban J connectivity index is 1.19. The van der Waals surface area contributed by atoms with E-state index in [4.69, 9.17) is 10.7 Å². The summed E-state index contributed by atoms with van der Waals surface area (Å²) >= 11 is 0. The quantitative estimate of drug-likeness (QED) is 0.370. The minimum atomic E-state index is -0.855. The van der Waals surface area contributed by atoms with Crippen LogP contribution in [0, 0.1) is 5.92 Å². The van der Waals surface area contributed by atoms with Crippen LogP contribution in [-0.4, -0.2) is 47.5 Å². The van der Waals surface area contributed by atoms with Gasteiger partial charge in [0.2, 0.25) is 0 Å². The van der Waals surface area contributed by atoms with Crippen molar-refractivity contribution >= 4 is 33.6 Å². The van der Waals surface area contributed by atoms with Crippen molar-refractivity contribution in [1.82, 2.24) is 19.5 Å². The molecule has 0 radical (unpaired) electrons. The lowest BCUT2D eigenvalue weighted by Crippen LogP contribution is -2.29. The normalized spacial score (nSPS) is 25.6. The maximum Gasteiger partial charge on any atom is 0.145 e. The number of anilines is 2. The van der Waals surface area contributed by atoms with Crippen LogP contribution in [0.5, 0.6) is 0 Å². The fraction of sp³-hybridized carbons (Fsp3) is 0.423. The molecule has 1 aromatic carbocycles. The number of hydrogen-bond acceptors (Lipinski definition) is 7. The van der Waals surface area contributed by atoms with Crippen LogP contribution >= 0.6 is 0 Å². The Morgan fingerprint density at radius 2 is 2.00 bits per heavy atom. The molecule has 1 saturated carbocycles. The summed E-state index contributed by atoms with van der Waals surface area (Å²) in [6.45, 7) is 4.38. The van der Waals surface area contributed by atoms with Crippen molar-refractivity contribution in [3.63, 3.8) is 0 Å². The van der Waals surface area contributed by atoms with Crippen LogP contribution in [-0.2, 0) is 12.8 Å². The number of fused-ring (bicyclic) bond motifs is 3. The average molecular weight is 459 g/mol. The van der Waals surface area contributed by atoms with E-state index in [1.54, 1.807) is 0 Å². The zero-order valence-electron chi connectivity index (χ0n) is 19.4. The first-order valence-electron chi connectivity index (χ1n) is 11.9. The van der Waals surface area contributed by atoms with Gasteiger partial charge in [-0.15, -0.1) is 0 Å². The zero-order chi connectivity index (χ0) is 23.6. The third-order valence-electron chi connectivity index (χ3n) is 7.52. The van der Waals surface area contributed by atoms with Crippen LogP contribution in [0.15, 0.2) is 42.9 Å². The molecule has 0 bridgehead atoms. The topological polar surface area (TPSA) is 122 Å². The molecule has 1 fully saturated rings. The molecular formula is C26H30N6O2. The van der Waals surface area contributed by atoms with Gasteiger partial charge in [0.25, 0.3) is 0 Å². The van der Waals surface area contributed by atoms with E-state index in [0.717, 1.165) is 41.4 Å². The molecule has 4 aromatic rings. The molecular weight excluding hydrogens is 428 g/mol. The molecule has 4 heterocycles. The Bertz CT molecular complexity index is 1400. The Hall–Kier alpha value is -3.23. The Labute approximate surface area is 197 Å². The van der Waals surface area contributed by atoms with Gasteiger partial charge >= 0.3 is 0 Å². The summed E-state index contributed by atoms with van der Waals surface area (Å²) in [6, 6.07) is 10.3. The first-order valence-corrected chi connectivity index (χ1v) is 11.9. The predicted octanol–water partition coefficient (Wildman–Crippen LogP) is 3.22. The number of pyridine rings is 1. The van der Waals surface area contributed by atoms with Crippen molar-refractivity contribution in [2.75, 3.05) is 11.1 Å². The number of aromatic nitrogens is 4. The smallest absolute Gasteiger partial charge is 0.145 e. The number of rotatable bonds is 4. The second-order valence-electron chi connectivity index (χ2n) is 10.5. The number of nitrogens with one attached hydrogen (secondary N) is 1. The molecule has 0 saturated heterocycles. The SMILES string of the molecule is CC1(C)Cc2cc3ccc(CC[C@H]4C[C@@H](n5ccc6c(N)ncnc65)[C@H](O)[C@@H]4O)cc3nc2N1. The van der Waals surface area contributed by atoms with E-state index in [1.807, 2.05) is 16.8 Å². The molecule has 176 valence electrons. The summed E-state index contributed by atoms with van der Waals surface area (Å²) in [6.07, 6.45) is 4.93. The van der Waals surface area contributed by atoms with Crippen LogP contribution < -0.4 is 11.1 Å². The van der Waals surface area contributed by atoms with Crippen LogP contribution in [0.25, 0.3) is 21.9 Å². The van der Waals surface area contributed by atoms with Crippen LogP contribution in [0.1, 0.15) is 43.9 Å². The first-order chi connectivity index (χ1) is 16.3. The maximum absolute atomic E-state index is 10.8. The number of benzene rings is 1. The third-order valence-corrected chi connectivity index (χ3v) is 7.52. The van der Waals surface area contributed by atoms with Crippen molar-refractivity contribution in [3.05, 3.63) is 54.0 Å². The van der Waals surface area contributed by atoms with Crippen molar-refractivity contribution in [3.8, 4) is 0 Å². The van der Waals surface area contributed by atoms with Crippen molar-refractivity contribution in [2.45, 2.75) is 63.3 Å². The van der Waals surface area contributed by atoms with E-state index >= 15 is 0 Å². The van der Waals surface area contributed by atoms with Crippen LogP contribution in [0.3, 0.4) is 0 Å². The highest BCUT2D eigenvalue weighted by atomic mass is 16.3. The summed E-state index contributed by atoms with van der Waals surface area (Å²) in [5, 5.41) is 27.1. The fourth-order valence-electron chi connectivity index (χ4n) is 5.77. The van der Waals surface area contributed by atoms with Gasteiger partial charge in [0.15, 0.2) is 0 Å². The second-order valence-corrected chi connectivity index (χ2v) is 10.5. The highest BCUT2D eigenvalue weighted by molar-refractivity contribution is 5.86. The Morgan fingerprint density at radius 3 is 2.85 bits per heavy atom. The van der Waals surface area contributed by atoms with E-state index in [0.29, 0.717) is 17.9 Å². The number of aliphatic hydroxyl groups excluding tert-OH is 2. The zero-order valence-corrected chi connectivity index (χ0v) is 19.4. The van der Waals surface area contributed by atoms with E-state index in [1.165, 1.54) is 17.5 Å². The number of nitrogens with zero attached hydrogens (tertiary/aromatic N) is 4. The molecule has 8 nitrogen and oxygen atoms in total. The highest BCUT2D eigenvalue weighted by Crippen LogP contribution is 2.40. The lowest BCUT2D eigenvalue weighted by Gasteiger charge is -2.19. The molecule has 0 amide bonds. The van der Waals surface area contributed by atoms with Crippen LogP contribution in [0.4, 0.5) is 11.6 Å². The standard InChI is InChI=1S/C26H30N6O2/c1-26(2)12-17-10-15-5-3-14(9-19(15)30-24(17)31-26)4-6-16-11-20(22(34)21(16)33)32-8-7-18-23(27)28-13-29-25(18)32/h3,5,7-10,13,16,20-22,33-34H,4,6,11-12H2,1-2H3,(H,30,31)(H2,27,28,29)/t16-,20+,21+,22-/m0/s1. The van der Waals surface area contributed by atoms with Gasteiger partial charge in [-0.3, -0.25) is 0 Å². The largest absolute Gasteiger partial charge is 0.390 e. The Morgan fingerprint density at radius 1 is 1.15 bits per heavy atom. The predicted molar refractivity (Wildman–Crippen MR) is 133 cm³/mol.